The highest BCUT2D eigenvalue weighted by molar-refractivity contribution is 7.91. The summed E-state index contributed by atoms with van der Waals surface area (Å²) in [7, 11) is -1.99. The smallest absolute Gasteiger partial charge is 0.305 e. The largest absolute Gasteiger partial charge is 0.469 e. The molecular formula is C14H18O4S. The van der Waals surface area contributed by atoms with Crippen LogP contribution in [0.5, 0.6) is 0 Å². The van der Waals surface area contributed by atoms with Crippen molar-refractivity contribution in [3.63, 3.8) is 0 Å². The zero-order valence-corrected chi connectivity index (χ0v) is 11.8. The average Bonchev–Trinajstić information content (AvgIpc) is 3.23. The highest BCUT2D eigenvalue weighted by atomic mass is 32.2. The van der Waals surface area contributed by atoms with E-state index >= 15 is 0 Å². The monoisotopic (exact) mass is 282 g/mol. The summed E-state index contributed by atoms with van der Waals surface area (Å²) in [5, 5.41) is 0. The van der Waals surface area contributed by atoms with E-state index in [0.29, 0.717) is 17.2 Å². The minimum Gasteiger partial charge on any atom is -0.469 e. The molecule has 1 saturated carbocycles. The number of carbonyl (C=O) groups excluding carboxylic acids is 1. The molecular weight excluding hydrogens is 264 g/mol. The van der Waals surface area contributed by atoms with Gasteiger partial charge < -0.3 is 4.74 Å². The Labute approximate surface area is 113 Å². The lowest BCUT2D eigenvalue weighted by Gasteiger charge is -2.05. The lowest BCUT2D eigenvalue weighted by atomic mass is 10.1. The molecule has 4 nitrogen and oxygen atoms in total. The third kappa shape index (κ3) is 3.80. The summed E-state index contributed by atoms with van der Waals surface area (Å²) in [6.07, 6.45) is 2.83. The zero-order chi connectivity index (χ0) is 13.9. The predicted molar refractivity (Wildman–Crippen MR) is 71.7 cm³/mol. The van der Waals surface area contributed by atoms with Gasteiger partial charge in [0.15, 0.2) is 9.84 Å². The van der Waals surface area contributed by atoms with Crippen LogP contribution in [-0.4, -0.2) is 27.2 Å². The summed E-state index contributed by atoms with van der Waals surface area (Å²) in [6, 6.07) is 7.12. The van der Waals surface area contributed by atoms with Gasteiger partial charge in [0, 0.05) is 6.42 Å². The Kier molecular flexibility index (Phi) is 4.24. The van der Waals surface area contributed by atoms with Gasteiger partial charge in [-0.25, -0.2) is 8.42 Å². The second-order valence-electron chi connectivity index (χ2n) is 4.84. The number of carbonyl (C=O) groups is 1. The number of hydrogen-bond acceptors (Lipinski definition) is 4. The molecule has 0 amide bonds. The summed E-state index contributed by atoms with van der Waals surface area (Å²) < 4.78 is 28.6. The first-order valence-corrected chi connectivity index (χ1v) is 8.07. The molecule has 0 atom stereocenters. The molecule has 0 bridgehead atoms. The van der Waals surface area contributed by atoms with E-state index in [1.54, 1.807) is 12.1 Å². The third-order valence-electron chi connectivity index (χ3n) is 3.31. The molecule has 1 aliphatic rings. The van der Waals surface area contributed by atoms with Crippen LogP contribution in [0.1, 0.15) is 37.2 Å². The highest BCUT2D eigenvalue weighted by Crippen LogP contribution is 2.40. The number of methoxy groups -OCH3 is 1. The van der Waals surface area contributed by atoms with Crippen molar-refractivity contribution in [1.29, 1.82) is 0 Å². The van der Waals surface area contributed by atoms with Crippen molar-refractivity contribution in [3.05, 3.63) is 29.8 Å². The Bertz CT molecular complexity index is 541. The maximum Gasteiger partial charge on any atom is 0.305 e. The average molecular weight is 282 g/mol. The molecule has 1 aromatic carbocycles. The molecule has 5 heteroatoms. The molecule has 19 heavy (non-hydrogen) atoms. The minimum absolute atomic E-state index is 0.0229. The summed E-state index contributed by atoms with van der Waals surface area (Å²) in [4.78, 5) is 11.3. The van der Waals surface area contributed by atoms with Gasteiger partial charge in [0.05, 0.1) is 17.8 Å². The number of benzene rings is 1. The third-order valence-corrected chi connectivity index (χ3v) is 5.13. The van der Waals surface area contributed by atoms with Gasteiger partial charge in [0.1, 0.15) is 0 Å². The van der Waals surface area contributed by atoms with Gasteiger partial charge in [-0.1, -0.05) is 12.1 Å². The van der Waals surface area contributed by atoms with Crippen molar-refractivity contribution in [2.75, 3.05) is 12.9 Å². The van der Waals surface area contributed by atoms with E-state index in [2.05, 4.69) is 4.74 Å². The van der Waals surface area contributed by atoms with Gasteiger partial charge in [-0.3, -0.25) is 4.79 Å². The van der Waals surface area contributed by atoms with Crippen LogP contribution in [0.25, 0.3) is 0 Å². The maximum atomic E-state index is 12.0. The Hall–Kier alpha value is -1.36. The topological polar surface area (TPSA) is 60.4 Å². The fourth-order valence-corrected chi connectivity index (χ4v) is 3.30. The zero-order valence-electron chi connectivity index (χ0n) is 11.0. The Balaban J connectivity index is 1.96. The Morgan fingerprint density at radius 1 is 1.26 bits per heavy atom. The predicted octanol–water partition coefficient (Wildman–Crippen LogP) is 2.29. The van der Waals surface area contributed by atoms with E-state index in [-0.39, 0.29) is 18.1 Å². The van der Waals surface area contributed by atoms with E-state index in [9.17, 15) is 13.2 Å². The van der Waals surface area contributed by atoms with E-state index in [0.717, 1.165) is 0 Å². The fraction of sp³-hybridized carbons (Fsp3) is 0.500. The number of rotatable bonds is 6. The van der Waals surface area contributed by atoms with Crippen LogP contribution in [0, 0.1) is 0 Å². The van der Waals surface area contributed by atoms with Gasteiger partial charge in [-0.2, -0.15) is 0 Å². The summed E-state index contributed by atoms with van der Waals surface area (Å²) in [5.74, 6) is 0.223. The van der Waals surface area contributed by atoms with Crippen molar-refractivity contribution < 1.29 is 17.9 Å². The SMILES string of the molecule is COC(=O)CCCS(=O)(=O)c1ccc(C2CC2)cc1. The molecule has 2 rings (SSSR count). The lowest BCUT2D eigenvalue weighted by Crippen LogP contribution is -2.09. The van der Waals surface area contributed by atoms with Gasteiger partial charge in [-0.05, 0) is 42.9 Å². The Morgan fingerprint density at radius 2 is 1.89 bits per heavy atom. The second kappa shape index (κ2) is 5.74. The molecule has 104 valence electrons. The van der Waals surface area contributed by atoms with E-state index < -0.39 is 9.84 Å². The highest BCUT2D eigenvalue weighted by Gasteiger charge is 2.24. The molecule has 0 unspecified atom stereocenters. The van der Waals surface area contributed by atoms with E-state index in [1.165, 1.54) is 25.5 Å². The molecule has 0 saturated heterocycles. The van der Waals surface area contributed by atoms with Crippen LogP contribution in [0.2, 0.25) is 0 Å². The van der Waals surface area contributed by atoms with Crippen molar-refractivity contribution in [2.45, 2.75) is 36.5 Å². The number of esters is 1. The molecule has 0 aliphatic heterocycles. The summed E-state index contributed by atoms with van der Waals surface area (Å²) >= 11 is 0. The van der Waals surface area contributed by atoms with Crippen LogP contribution in [-0.2, 0) is 19.4 Å². The first-order valence-electron chi connectivity index (χ1n) is 6.42. The van der Waals surface area contributed by atoms with Crippen molar-refractivity contribution in [2.24, 2.45) is 0 Å². The second-order valence-corrected chi connectivity index (χ2v) is 6.95. The van der Waals surface area contributed by atoms with Gasteiger partial charge in [0.2, 0.25) is 0 Å². The first kappa shape index (κ1) is 14.1. The molecule has 1 aliphatic carbocycles. The molecule has 1 aromatic rings. The molecule has 0 heterocycles. The van der Waals surface area contributed by atoms with Crippen LogP contribution in [0.3, 0.4) is 0 Å². The van der Waals surface area contributed by atoms with Crippen LogP contribution in [0.4, 0.5) is 0 Å². The van der Waals surface area contributed by atoms with Gasteiger partial charge in [0.25, 0.3) is 0 Å². The molecule has 0 aromatic heterocycles. The molecule has 0 N–H and O–H groups in total. The quantitative estimate of drug-likeness (QED) is 0.751. The standard InChI is InChI=1S/C14H18O4S/c1-18-14(15)3-2-10-19(16,17)13-8-6-12(7-9-13)11-4-5-11/h6-9,11H,2-5,10H2,1H3. The van der Waals surface area contributed by atoms with Gasteiger partial charge >= 0.3 is 5.97 Å². The summed E-state index contributed by atoms with van der Waals surface area (Å²) in [6.45, 7) is 0. The number of ether oxygens (including phenoxy) is 1. The maximum absolute atomic E-state index is 12.0. The van der Waals surface area contributed by atoms with Crippen LogP contribution >= 0.6 is 0 Å². The first-order chi connectivity index (χ1) is 9.03. The normalized spacial score (nSPS) is 15.2. The molecule has 0 spiro atoms. The molecule has 0 radical (unpaired) electrons. The van der Waals surface area contributed by atoms with Crippen LogP contribution in [0.15, 0.2) is 29.2 Å². The lowest BCUT2D eigenvalue weighted by molar-refractivity contribution is -0.140. The fourth-order valence-electron chi connectivity index (χ4n) is 1.99. The van der Waals surface area contributed by atoms with Crippen molar-refractivity contribution in [1.82, 2.24) is 0 Å². The number of hydrogen-bond donors (Lipinski definition) is 0. The van der Waals surface area contributed by atoms with Crippen molar-refractivity contribution >= 4 is 15.8 Å². The van der Waals surface area contributed by atoms with Crippen molar-refractivity contribution in [3.8, 4) is 0 Å². The number of sulfone groups is 1. The Morgan fingerprint density at radius 3 is 2.42 bits per heavy atom. The molecule has 1 fully saturated rings. The minimum atomic E-state index is -3.29. The van der Waals surface area contributed by atoms with E-state index in [4.69, 9.17) is 0 Å². The van der Waals surface area contributed by atoms with Gasteiger partial charge in [-0.15, -0.1) is 0 Å². The van der Waals surface area contributed by atoms with E-state index in [1.807, 2.05) is 12.1 Å². The van der Waals surface area contributed by atoms with Crippen LogP contribution < -0.4 is 0 Å². The summed E-state index contributed by atoms with van der Waals surface area (Å²) in [5.41, 5.74) is 1.22.